The molecule has 0 bridgehead atoms. The molecule has 46 heavy (non-hydrogen) atoms. The first kappa shape index (κ1) is 44.0. The first-order chi connectivity index (χ1) is 22.3. The summed E-state index contributed by atoms with van der Waals surface area (Å²) >= 11 is 0. The lowest BCUT2D eigenvalue weighted by atomic mass is 10.1. The first-order valence-corrected chi connectivity index (χ1v) is 19.5. The van der Waals surface area contributed by atoms with Crippen molar-refractivity contribution in [3.63, 3.8) is 0 Å². The predicted molar refractivity (Wildman–Crippen MR) is 188 cm³/mol. The fourth-order valence-electron chi connectivity index (χ4n) is 4.58. The van der Waals surface area contributed by atoms with Crippen LogP contribution in [-0.2, 0) is 28.2 Å². The number of hydrogen-bond acceptors (Lipinski definition) is 6. The smallest absolute Gasteiger partial charge is 0.462 e. The number of esters is 2. The maximum Gasteiger partial charge on any atom is 0.469 e. The van der Waals surface area contributed by atoms with Crippen molar-refractivity contribution in [3.8, 4) is 0 Å². The Morgan fingerprint density at radius 2 is 0.978 bits per heavy atom. The fourth-order valence-corrected chi connectivity index (χ4v) is 4.94. The fraction of sp³-hybridized carbons (Fsp3) is 0.730. The van der Waals surface area contributed by atoms with E-state index in [9.17, 15) is 14.2 Å². The van der Waals surface area contributed by atoms with Gasteiger partial charge in [-0.15, -0.1) is 0 Å². The Morgan fingerprint density at radius 3 is 1.43 bits per heavy atom. The summed E-state index contributed by atoms with van der Waals surface area (Å²) in [5.41, 5.74) is 0. The van der Waals surface area contributed by atoms with Gasteiger partial charge in [0.05, 0.1) is 6.61 Å². The van der Waals surface area contributed by atoms with Gasteiger partial charge >= 0.3 is 19.8 Å². The molecule has 2 N–H and O–H groups in total. The Hall–Kier alpha value is -1.99. The van der Waals surface area contributed by atoms with Gasteiger partial charge in [-0.1, -0.05) is 127 Å². The Kier molecular flexibility index (Phi) is 31.5. The summed E-state index contributed by atoms with van der Waals surface area (Å²) < 4.78 is 26.2. The number of allylic oxidation sites excluding steroid dienone is 8. The van der Waals surface area contributed by atoms with E-state index in [4.69, 9.17) is 19.3 Å². The highest BCUT2D eigenvalue weighted by molar-refractivity contribution is 7.46. The number of phosphoric ester groups is 1. The largest absolute Gasteiger partial charge is 0.469 e. The Labute approximate surface area is 280 Å². The van der Waals surface area contributed by atoms with Gasteiger partial charge in [0.1, 0.15) is 6.61 Å². The molecule has 0 amide bonds. The summed E-state index contributed by atoms with van der Waals surface area (Å²) in [6, 6.07) is 0. The molecule has 0 heterocycles. The molecule has 0 aliphatic rings. The van der Waals surface area contributed by atoms with Crippen molar-refractivity contribution in [2.45, 2.75) is 161 Å². The normalized spacial score (nSPS) is 13.0. The highest BCUT2D eigenvalue weighted by Gasteiger charge is 2.22. The zero-order valence-electron chi connectivity index (χ0n) is 29.0. The van der Waals surface area contributed by atoms with E-state index in [1.54, 1.807) is 0 Å². The number of ether oxygens (including phenoxy) is 2. The molecule has 0 aliphatic heterocycles. The second-order valence-corrected chi connectivity index (χ2v) is 13.1. The van der Waals surface area contributed by atoms with Crippen LogP contribution >= 0.6 is 7.82 Å². The molecule has 0 aliphatic carbocycles. The van der Waals surface area contributed by atoms with Crippen LogP contribution in [0.1, 0.15) is 155 Å². The lowest BCUT2D eigenvalue weighted by Gasteiger charge is -2.18. The zero-order valence-corrected chi connectivity index (χ0v) is 29.9. The predicted octanol–water partition coefficient (Wildman–Crippen LogP) is 10.4. The third-order valence-electron chi connectivity index (χ3n) is 7.32. The summed E-state index contributed by atoms with van der Waals surface area (Å²) in [6.07, 6.45) is 38.3. The average molecular weight is 669 g/mol. The lowest BCUT2D eigenvalue weighted by molar-refractivity contribution is -0.161. The van der Waals surface area contributed by atoms with Gasteiger partial charge in [-0.05, 0) is 64.2 Å². The molecule has 0 rings (SSSR count). The van der Waals surface area contributed by atoms with Gasteiger partial charge in [0.15, 0.2) is 6.10 Å². The number of unbranched alkanes of at least 4 members (excludes halogenated alkanes) is 14. The van der Waals surface area contributed by atoms with E-state index in [0.29, 0.717) is 12.8 Å². The van der Waals surface area contributed by atoms with E-state index in [-0.39, 0.29) is 19.4 Å². The Morgan fingerprint density at radius 1 is 0.565 bits per heavy atom. The SMILES string of the molecule is CCCC/C=C\C/C=C\CCCCCCCC(=O)OC[C@H](COP(=O)(O)O)OC(=O)CCCCCCC/C=C\C/C=C\CCCC. The van der Waals surface area contributed by atoms with Gasteiger partial charge in [-0.3, -0.25) is 14.1 Å². The molecule has 8 nitrogen and oxygen atoms in total. The third kappa shape index (κ3) is 34.9. The summed E-state index contributed by atoms with van der Waals surface area (Å²) in [5.74, 6) is -0.922. The molecule has 0 aromatic carbocycles. The van der Waals surface area contributed by atoms with Crippen molar-refractivity contribution in [1.29, 1.82) is 0 Å². The number of phosphoric acid groups is 1. The molecule has 0 fully saturated rings. The topological polar surface area (TPSA) is 119 Å². The van der Waals surface area contributed by atoms with Crippen LogP contribution in [0, 0.1) is 0 Å². The van der Waals surface area contributed by atoms with Crippen LogP contribution in [0.25, 0.3) is 0 Å². The number of carbonyl (C=O) groups excluding carboxylic acids is 2. The van der Waals surface area contributed by atoms with E-state index in [2.05, 4.69) is 67.0 Å². The van der Waals surface area contributed by atoms with Crippen molar-refractivity contribution in [2.75, 3.05) is 13.2 Å². The van der Waals surface area contributed by atoms with E-state index < -0.39 is 32.5 Å². The molecule has 1 atom stereocenters. The third-order valence-corrected chi connectivity index (χ3v) is 7.81. The molecule has 0 aromatic rings. The number of carbonyl (C=O) groups is 2. The van der Waals surface area contributed by atoms with E-state index in [0.717, 1.165) is 89.9 Å². The van der Waals surface area contributed by atoms with Crippen molar-refractivity contribution >= 4 is 19.8 Å². The van der Waals surface area contributed by atoms with Crippen LogP contribution in [0.3, 0.4) is 0 Å². The molecule has 0 radical (unpaired) electrons. The van der Waals surface area contributed by atoms with Crippen LogP contribution < -0.4 is 0 Å². The second-order valence-electron chi connectivity index (χ2n) is 11.8. The van der Waals surface area contributed by atoms with Crippen molar-refractivity contribution < 1.29 is 37.9 Å². The molecule has 266 valence electrons. The zero-order chi connectivity index (χ0) is 34.0. The average Bonchev–Trinajstić information content (AvgIpc) is 3.02. The van der Waals surface area contributed by atoms with Gasteiger partial charge in [0.2, 0.25) is 0 Å². The second kappa shape index (κ2) is 32.9. The summed E-state index contributed by atoms with van der Waals surface area (Å²) in [7, 11) is -4.75. The standard InChI is InChI=1S/C37H65O8P/c1-3-5-7-9-11-13-15-17-19-21-23-25-27-29-31-36(38)43-33-35(34-44-46(40,41)42)45-37(39)32-30-28-26-24-22-20-18-16-14-12-10-8-6-4-2/h9-12,15-18,35H,3-8,13-14,19-34H2,1-2H3,(H2,40,41,42)/b11-9-,12-10-,17-15-,18-16-/t35-/m1/s1. The van der Waals surface area contributed by atoms with Crippen LogP contribution in [0.15, 0.2) is 48.6 Å². The van der Waals surface area contributed by atoms with E-state index >= 15 is 0 Å². The first-order valence-electron chi connectivity index (χ1n) is 17.9. The molecular weight excluding hydrogens is 603 g/mol. The van der Waals surface area contributed by atoms with Crippen LogP contribution in [0.4, 0.5) is 0 Å². The molecular formula is C37H65O8P. The van der Waals surface area contributed by atoms with Crippen LogP contribution in [0.2, 0.25) is 0 Å². The maximum atomic E-state index is 12.3. The number of rotatable bonds is 32. The molecule has 0 saturated carbocycles. The minimum atomic E-state index is -4.75. The van der Waals surface area contributed by atoms with Gasteiger partial charge < -0.3 is 19.3 Å². The van der Waals surface area contributed by atoms with Gasteiger partial charge in [-0.25, -0.2) is 4.57 Å². The van der Waals surface area contributed by atoms with Crippen LogP contribution in [-0.4, -0.2) is 41.0 Å². The van der Waals surface area contributed by atoms with Gasteiger partial charge in [0.25, 0.3) is 0 Å². The van der Waals surface area contributed by atoms with Gasteiger partial charge in [0, 0.05) is 12.8 Å². The van der Waals surface area contributed by atoms with Crippen LogP contribution in [0.5, 0.6) is 0 Å². The molecule has 0 spiro atoms. The van der Waals surface area contributed by atoms with Gasteiger partial charge in [-0.2, -0.15) is 0 Å². The molecule has 0 aromatic heterocycles. The summed E-state index contributed by atoms with van der Waals surface area (Å²) in [4.78, 5) is 42.6. The van der Waals surface area contributed by atoms with Crippen molar-refractivity contribution in [1.82, 2.24) is 0 Å². The van der Waals surface area contributed by atoms with E-state index in [1.807, 2.05) is 0 Å². The van der Waals surface area contributed by atoms with Crippen molar-refractivity contribution in [2.24, 2.45) is 0 Å². The quantitative estimate of drug-likeness (QED) is 0.0315. The highest BCUT2D eigenvalue weighted by atomic mass is 31.2. The summed E-state index contributed by atoms with van der Waals surface area (Å²) in [6.45, 7) is 3.55. The minimum Gasteiger partial charge on any atom is -0.462 e. The molecule has 9 heteroatoms. The lowest BCUT2D eigenvalue weighted by Crippen LogP contribution is -2.29. The molecule has 0 saturated heterocycles. The number of hydrogen-bond donors (Lipinski definition) is 2. The Balaban J connectivity index is 4.05. The molecule has 0 unspecified atom stereocenters. The van der Waals surface area contributed by atoms with Crippen molar-refractivity contribution in [3.05, 3.63) is 48.6 Å². The Bertz CT molecular complexity index is 890. The highest BCUT2D eigenvalue weighted by Crippen LogP contribution is 2.35. The maximum absolute atomic E-state index is 12.3. The minimum absolute atomic E-state index is 0.191. The monoisotopic (exact) mass is 668 g/mol. The summed E-state index contributed by atoms with van der Waals surface area (Å²) in [5, 5.41) is 0. The van der Waals surface area contributed by atoms with E-state index in [1.165, 1.54) is 25.7 Å².